The Bertz CT molecular complexity index is 177. The molecule has 0 bridgehead atoms. The summed E-state index contributed by atoms with van der Waals surface area (Å²) in [4.78, 5) is 11.1. The van der Waals surface area contributed by atoms with Gasteiger partial charge in [-0.2, -0.15) is 5.26 Å². The first-order valence-electron chi connectivity index (χ1n) is 3.97. The first-order chi connectivity index (χ1) is 5.34. The predicted octanol–water partition coefficient (Wildman–Crippen LogP) is 0.611. The highest BCUT2D eigenvalue weighted by molar-refractivity contribution is 5.85. The molecule has 3 nitrogen and oxygen atoms in total. The van der Waals surface area contributed by atoms with E-state index < -0.39 is 0 Å². The van der Waals surface area contributed by atoms with Gasteiger partial charge in [0.1, 0.15) is 0 Å². The summed E-state index contributed by atoms with van der Waals surface area (Å²) < 4.78 is 0. The van der Waals surface area contributed by atoms with Gasteiger partial charge >= 0.3 is 0 Å². The van der Waals surface area contributed by atoms with Crippen LogP contribution in [0.3, 0.4) is 0 Å². The maximum absolute atomic E-state index is 11.1. The van der Waals surface area contributed by atoms with Crippen molar-refractivity contribution < 1.29 is 4.79 Å². The number of nitrogens with one attached hydrogen (secondary N) is 1. The highest BCUT2D eigenvalue weighted by atomic mass is 16.1. The summed E-state index contributed by atoms with van der Waals surface area (Å²) in [6.07, 6.45) is 3.21. The smallest absolute Gasteiger partial charge is 0.163 e. The number of nitriles is 1. The average molecular weight is 152 g/mol. The molecule has 1 unspecified atom stereocenters. The van der Waals surface area contributed by atoms with Crippen LogP contribution in [0.1, 0.15) is 25.7 Å². The van der Waals surface area contributed by atoms with Crippen molar-refractivity contribution in [1.29, 1.82) is 5.26 Å². The molecule has 0 aromatic heterocycles. The van der Waals surface area contributed by atoms with E-state index >= 15 is 0 Å². The number of carbonyl (C=O) groups is 1. The van der Waals surface area contributed by atoms with Crippen LogP contribution in [0.5, 0.6) is 0 Å². The van der Waals surface area contributed by atoms with Crippen LogP contribution in [-0.4, -0.2) is 18.4 Å². The van der Waals surface area contributed by atoms with Crippen LogP contribution in [0.4, 0.5) is 0 Å². The van der Waals surface area contributed by atoms with E-state index in [0.29, 0.717) is 0 Å². The molecule has 0 spiro atoms. The Morgan fingerprint density at radius 1 is 1.64 bits per heavy atom. The van der Waals surface area contributed by atoms with Gasteiger partial charge in [-0.15, -0.1) is 0 Å². The van der Waals surface area contributed by atoms with Crippen LogP contribution in [0.15, 0.2) is 0 Å². The van der Waals surface area contributed by atoms with E-state index in [1.165, 1.54) is 0 Å². The lowest BCUT2D eigenvalue weighted by molar-refractivity contribution is -0.120. The maximum Gasteiger partial charge on any atom is 0.163 e. The maximum atomic E-state index is 11.1. The zero-order valence-electron chi connectivity index (χ0n) is 6.47. The molecular formula is C8H12N2O. The van der Waals surface area contributed by atoms with Gasteiger partial charge in [-0.05, 0) is 19.4 Å². The zero-order chi connectivity index (χ0) is 8.10. The van der Waals surface area contributed by atoms with Crippen molar-refractivity contribution in [3.63, 3.8) is 0 Å². The molecule has 1 N–H and O–H groups in total. The third kappa shape index (κ3) is 2.32. The highest BCUT2D eigenvalue weighted by Crippen LogP contribution is 2.08. The van der Waals surface area contributed by atoms with E-state index in [2.05, 4.69) is 5.32 Å². The second-order valence-corrected chi connectivity index (χ2v) is 2.80. The monoisotopic (exact) mass is 152 g/mol. The lowest BCUT2D eigenvalue weighted by Crippen LogP contribution is -2.40. The van der Waals surface area contributed by atoms with Gasteiger partial charge in [0.15, 0.2) is 5.78 Å². The number of hydrogen-bond donors (Lipinski definition) is 1. The summed E-state index contributed by atoms with van der Waals surface area (Å²) in [5, 5.41) is 11.4. The Hall–Kier alpha value is -0.880. The van der Waals surface area contributed by atoms with E-state index in [1.807, 2.05) is 6.07 Å². The fourth-order valence-electron chi connectivity index (χ4n) is 1.33. The molecule has 1 rings (SSSR count). The third-order valence-corrected chi connectivity index (χ3v) is 1.95. The molecule has 0 saturated carbocycles. The van der Waals surface area contributed by atoms with E-state index in [9.17, 15) is 4.79 Å². The van der Waals surface area contributed by atoms with E-state index in [4.69, 9.17) is 5.26 Å². The van der Waals surface area contributed by atoms with Crippen LogP contribution in [0.2, 0.25) is 0 Å². The fourth-order valence-corrected chi connectivity index (χ4v) is 1.33. The topological polar surface area (TPSA) is 52.9 Å². The Morgan fingerprint density at radius 3 is 3.00 bits per heavy atom. The Balaban J connectivity index is 2.34. The minimum absolute atomic E-state index is 0.0385. The van der Waals surface area contributed by atoms with Gasteiger partial charge in [-0.25, -0.2) is 0 Å². The lowest BCUT2D eigenvalue weighted by Gasteiger charge is -2.20. The van der Waals surface area contributed by atoms with Crippen molar-refractivity contribution in [2.45, 2.75) is 31.7 Å². The molecule has 1 aliphatic heterocycles. The summed E-state index contributed by atoms with van der Waals surface area (Å²) in [5.74, 6) is 0.0483. The van der Waals surface area contributed by atoms with Crippen molar-refractivity contribution >= 4 is 5.78 Å². The van der Waals surface area contributed by atoms with Gasteiger partial charge in [0.05, 0.1) is 18.5 Å². The molecule has 0 radical (unpaired) electrons. The molecule has 1 aliphatic rings. The summed E-state index contributed by atoms with van der Waals surface area (Å²) >= 11 is 0. The lowest BCUT2D eigenvalue weighted by atomic mass is 10.00. The van der Waals surface area contributed by atoms with Gasteiger partial charge in [0.25, 0.3) is 0 Å². The van der Waals surface area contributed by atoms with Gasteiger partial charge in [-0.1, -0.05) is 6.42 Å². The Kier molecular flexibility index (Phi) is 3.06. The second-order valence-electron chi connectivity index (χ2n) is 2.80. The fraction of sp³-hybridized carbons (Fsp3) is 0.750. The zero-order valence-corrected chi connectivity index (χ0v) is 6.47. The molecule has 1 saturated heterocycles. The minimum Gasteiger partial charge on any atom is -0.307 e. The van der Waals surface area contributed by atoms with E-state index in [0.717, 1.165) is 25.8 Å². The van der Waals surface area contributed by atoms with Crippen molar-refractivity contribution in [2.75, 3.05) is 6.54 Å². The van der Waals surface area contributed by atoms with Gasteiger partial charge < -0.3 is 5.32 Å². The Labute approximate surface area is 66.4 Å². The van der Waals surface area contributed by atoms with Crippen molar-refractivity contribution in [2.24, 2.45) is 0 Å². The van der Waals surface area contributed by atoms with Gasteiger partial charge in [-0.3, -0.25) is 4.79 Å². The third-order valence-electron chi connectivity index (χ3n) is 1.95. The first-order valence-corrected chi connectivity index (χ1v) is 3.97. The number of ketones is 1. The van der Waals surface area contributed by atoms with Crippen LogP contribution in [0, 0.1) is 11.3 Å². The number of piperidine rings is 1. The number of Topliss-reactive ketones (excluding diaryl/α,β-unsaturated/α-hetero) is 1. The first kappa shape index (κ1) is 8.22. The second kappa shape index (κ2) is 4.09. The molecule has 1 atom stereocenters. The molecular weight excluding hydrogens is 140 g/mol. The molecule has 0 aromatic rings. The summed E-state index contributed by atoms with van der Waals surface area (Å²) in [6, 6.07) is 1.84. The van der Waals surface area contributed by atoms with Crippen LogP contribution in [0.25, 0.3) is 0 Å². The van der Waals surface area contributed by atoms with Crippen LogP contribution < -0.4 is 5.32 Å². The molecule has 1 heterocycles. The molecule has 0 amide bonds. The quantitative estimate of drug-likeness (QED) is 0.630. The standard InChI is InChI=1S/C8H12N2O/c9-5-4-8(11)7-3-1-2-6-10-7/h7,10H,1-4,6H2. The normalized spacial score (nSPS) is 24.1. The molecule has 60 valence electrons. The molecule has 0 aliphatic carbocycles. The number of rotatable bonds is 2. The minimum atomic E-state index is -0.0385. The number of nitrogens with zero attached hydrogens (tertiary/aromatic N) is 1. The number of hydrogen-bond acceptors (Lipinski definition) is 3. The molecule has 11 heavy (non-hydrogen) atoms. The van der Waals surface area contributed by atoms with E-state index in [1.54, 1.807) is 0 Å². The van der Waals surface area contributed by atoms with Crippen molar-refractivity contribution in [3.05, 3.63) is 0 Å². The highest BCUT2D eigenvalue weighted by Gasteiger charge is 2.19. The van der Waals surface area contributed by atoms with Gasteiger partial charge in [0, 0.05) is 0 Å². The molecule has 0 aromatic carbocycles. The largest absolute Gasteiger partial charge is 0.307 e. The van der Waals surface area contributed by atoms with Crippen molar-refractivity contribution in [1.82, 2.24) is 5.32 Å². The predicted molar refractivity (Wildman–Crippen MR) is 40.9 cm³/mol. The average Bonchev–Trinajstić information content (AvgIpc) is 2.07. The van der Waals surface area contributed by atoms with Crippen LogP contribution >= 0.6 is 0 Å². The molecule has 3 heteroatoms. The summed E-state index contributed by atoms with van der Waals surface area (Å²) in [5.41, 5.74) is 0. The van der Waals surface area contributed by atoms with Crippen molar-refractivity contribution in [3.8, 4) is 6.07 Å². The van der Waals surface area contributed by atoms with E-state index in [-0.39, 0.29) is 18.2 Å². The van der Waals surface area contributed by atoms with Gasteiger partial charge in [0.2, 0.25) is 0 Å². The Morgan fingerprint density at radius 2 is 2.45 bits per heavy atom. The summed E-state index contributed by atoms with van der Waals surface area (Å²) in [7, 11) is 0. The molecule has 1 fully saturated rings. The SMILES string of the molecule is N#CCC(=O)C1CCCCN1. The number of carbonyl (C=O) groups excluding carboxylic acids is 1. The van der Waals surface area contributed by atoms with Crippen LogP contribution in [-0.2, 0) is 4.79 Å². The summed E-state index contributed by atoms with van der Waals surface area (Å²) in [6.45, 7) is 0.918.